The zero-order valence-electron chi connectivity index (χ0n) is 15.4. The minimum atomic E-state index is -0.756. The van der Waals surface area contributed by atoms with Gasteiger partial charge in [-0.3, -0.25) is 4.79 Å². The molecular formula is C19H23F2N5O. The van der Waals surface area contributed by atoms with Gasteiger partial charge in [-0.05, 0) is 43.9 Å². The smallest absolute Gasteiger partial charge is 0.251 e. The van der Waals surface area contributed by atoms with Gasteiger partial charge in [-0.2, -0.15) is 4.98 Å². The lowest BCUT2D eigenvalue weighted by Crippen LogP contribution is -2.40. The predicted octanol–water partition coefficient (Wildman–Crippen LogP) is 2.97. The molecular weight excluding hydrogens is 352 g/mol. The van der Waals surface area contributed by atoms with E-state index in [2.05, 4.69) is 20.6 Å². The first-order valence-electron chi connectivity index (χ1n) is 8.94. The first-order chi connectivity index (χ1) is 12.9. The summed E-state index contributed by atoms with van der Waals surface area (Å²) < 4.78 is 26.5. The number of carbonyl (C=O) groups is 1. The van der Waals surface area contributed by atoms with Crippen LogP contribution in [0, 0.1) is 11.6 Å². The molecule has 0 aliphatic heterocycles. The highest BCUT2D eigenvalue weighted by atomic mass is 19.1. The van der Waals surface area contributed by atoms with Gasteiger partial charge >= 0.3 is 0 Å². The van der Waals surface area contributed by atoms with E-state index in [-0.39, 0.29) is 17.6 Å². The summed E-state index contributed by atoms with van der Waals surface area (Å²) in [6.45, 7) is 0. The van der Waals surface area contributed by atoms with Gasteiger partial charge in [0.15, 0.2) is 0 Å². The fourth-order valence-corrected chi connectivity index (χ4v) is 3.19. The maximum absolute atomic E-state index is 13.3. The van der Waals surface area contributed by atoms with E-state index >= 15 is 0 Å². The SMILES string of the molecule is CN(C)c1ccnc(NC2CCC(NC(=O)c3cc(F)cc(F)c3)CC2)n1. The molecule has 0 spiro atoms. The molecule has 144 valence electrons. The van der Waals surface area contributed by atoms with E-state index in [9.17, 15) is 13.6 Å². The number of amides is 1. The van der Waals surface area contributed by atoms with Crippen molar-refractivity contribution in [1.29, 1.82) is 0 Å². The van der Waals surface area contributed by atoms with Gasteiger partial charge in [-0.1, -0.05) is 0 Å². The zero-order valence-corrected chi connectivity index (χ0v) is 15.4. The van der Waals surface area contributed by atoms with Crippen molar-refractivity contribution in [3.63, 3.8) is 0 Å². The van der Waals surface area contributed by atoms with Gasteiger partial charge in [-0.15, -0.1) is 0 Å². The second-order valence-electron chi connectivity index (χ2n) is 6.96. The molecule has 0 saturated heterocycles. The number of anilines is 2. The summed E-state index contributed by atoms with van der Waals surface area (Å²) >= 11 is 0. The largest absolute Gasteiger partial charge is 0.363 e. The van der Waals surface area contributed by atoms with Crippen LogP contribution in [0.25, 0.3) is 0 Å². The Morgan fingerprint density at radius 2 is 1.70 bits per heavy atom. The Balaban J connectivity index is 1.51. The minimum absolute atomic E-state index is 0.00153. The standard InChI is InChI=1S/C19H23F2N5O/c1-26(2)17-7-8-22-19(25-17)24-16-5-3-15(4-6-16)23-18(27)12-9-13(20)11-14(21)10-12/h7-11,15-16H,3-6H2,1-2H3,(H,23,27)(H,22,24,25). The number of hydrogen-bond acceptors (Lipinski definition) is 5. The molecule has 1 aliphatic carbocycles. The molecule has 0 radical (unpaired) electrons. The van der Waals surface area contributed by atoms with Crippen LogP contribution < -0.4 is 15.5 Å². The fourth-order valence-electron chi connectivity index (χ4n) is 3.19. The average Bonchev–Trinajstić information content (AvgIpc) is 2.63. The monoisotopic (exact) mass is 375 g/mol. The average molecular weight is 375 g/mol. The van der Waals surface area contributed by atoms with E-state index < -0.39 is 17.5 Å². The molecule has 2 aromatic rings. The van der Waals surface area contributed by atoms with E-state index in [1.165, 1.54) is 0 Å². The number of nitrogens with zero attached hydrogens (tertiary/aromatic N) is 3. The molecule has 1 saturated carbocycles. The molecule has 6 nitrogen and oxygen atoms in total. The van der Waals surface area contributed by atoms with Gasteiger partial charge in [0.05, 0.1) is 0 Å². The van der Waals surface area contributed by atoms with Crippen LogP contribution in [0.4, 0.5) is 20.5 Å². The summed E-state index contributed by atoms with van der Waals surface area (Å²) in [5, 5.41) is 6.20. The molecule has 27 heavy (non-hydrogen) atoms. The van der Waals surface area contributed by atoms with Crippen LogP contribution >= 0.6 is 0 Å². The molecule has 1 aromatic heterocycles. The second kappa shape index (κ2) is 8.28. The van der Waals surface area contributed by atoms with Crippen molar-refractivity contribution in [2.24, 2.45) is 0 Å². The van der Waals surface area contributed by atoms with Crippen LogP contribution in [0.15, 0.2) is 30.5 Å². The summed E-state index contributed by atoms with van der Waals surface area (Å²) in [6.07, 6.45) is 4.95. The molecule has 1 aliphatic rings. The van der Waals surface area contributed by atoms with Crippen LogP contribution in [0.2, 0.25) is 0 Å². The van der Waals surface area contributed by atoms with Crippen molar-refractivity contribution in [3.8, 4) is 0 Å². The Bertz CT molecular complexity index is 786. The maximum Gasteiger partial charge on any atom is 0.251 e. The van der Waals surface area contributed by atoms with Crippen LogP contribution in [0.5, 0.6) is 0 Å². The van der Waals surface area contributed by atoms with Crippen molar-refractivity contribution in [1.82, 2.24) is 15.3 Å². The third kappa shape index (κ3) is 5.12. The van der Waals surface area contributed by atoms with E-state index in [0.717, 1.165) is 49.7 Å². The summed E-state index contributed by atoms with van der Waals surface area (Å²) in [5.41, 5.74) is 0.00153. The van der Waals surface area contributed by atoms with E-state index in [1.807, 2.05) is 25.1 Å². The highest BCUT2D eigenvalue weighted by Gasteiger charge is 2.23. The van der Waals surface area contributed by atoms with Crippen molar-refractivity contribution < 1.29 is 13.6 Å². The molecule has 1 heterocycles. The van der Waals surface area contributed by atoms with Crippen molar-refractivity contribution in [3.05, 3.63) is 47.7 Å². The van der Waals surface area contributed by atoms with Crippen LogP contribution in [-0.4, -0.2) is 42.1 Å². The zero-order chi connectivity index (χ0) is 19.4. The number of nitrogens with one attached hydrogen (secondary N) is 2. The lowest BCUT2D eigenvalue weighted by molar-refractivity contribution is 0.0925. The summed E-state index contributed by atoms with van der Waals surface area (Å²) in [4.78, 5) is 22.8. The maximum atomic E-state index is 13.3. The van der Waals surface area contributed by atoms with E-state index in [4.69, 9.17) is 0 Å². The molecule has 1 fully saturated rings. The Morgan fingerprint density at radius 3 is 2.33 bits per heavy atom. The van der Waals surface area contributed by atoms with E-state index in [0.29, 0.717) is 5.95 Å². The first-order valence-corrected chi connectivity index (χ1v) is 8.94. The Morgan fingerprint density at radius 1 is 1.07 bits per heavy atom. The molecule has 2 N–H and O–H groups in total. The molecule has 3 rings (SSSR count). The second-order valence-corrected chi connectivity index (χ2v) is 6.96. The Kier molecular flexibility index (Phi) is 5.83. The number of halogens is 2. The predicted molar refractivity (Wildman–Crippen MR) is 99.8 cm³/mol. The highest BCUT2D eigenvalue weighted by Crippen LogP contribution is 2.22. The highest BCUT2D eigenvalue weighted by molar-refractivity contribution is 5.94. The number of benzene rings is 1. The summed E-state index contributed by atoms with van der Waals surface area (Å²) in [7, 11) is 3.84. The van der Waals surface area contributed by atoms with Crippen LogP contribution in [0.1, 0.15) is 36.0 Å². The lowest BCUT2D eigenvalue weighted by atomic mass is 9.91. The quantitative estimate of drug-likeness (QED) is 0.841. The van der Waals surface area contributed by atoms with E-state index in [1.54, 1.807) is 6.20 Å². The minimum Gasteiger partial charge on any atom is -0.363 e. The fraction of sp³-hybridized carbons (Fsp3) is 0.421. The molecule has 0 unspecified atom stereocenters. The summed E-state index contributed by atoms with van der Waals surface area (Å²) in [5.74, 6) is -0.549. The first kappa shape index (κ1) is 19.0. The Hall–Kier alpha value is -2.77. The third-order valence-electron chi connectivity index (χ3n) is 4.62. The Labute approximate surface area is 157 Å². The number of hydrogen-bond donors (Lipinski definition) is 2. The normalized spacial score (nSPS) is 19.4. The molecule has 1 amide bonds. The van der Waals surface area contributed by atoms with Gasteiger partial charge < -0.3 is 15.5 Å². The van der Waals surface area contributed by atoms with Crippen molar-refractivity contribution in [2.75, 3.05) is 24.3 Å². The lowest BCUT2D eigenvalue weighted by Gasteiger charge is -2.29. The van der Waals surface area contributed by atoms with Crippen LogP contribution in [-0.2, 0) is 0 Å². The molecule has 0 atom stereocenters. The molecule has 8 heteroatoms. The van der Waals surface area contributed by atoms with Crippen molar-refractivity contribution >= 4 is 17.7 Å². The topological polar surface area (TPSA) is 70.2 Å². The number of rotatable bonds is 5. The molecule has 0 bridgehead atoms. The van der Waals surface area contributed by atoms with Crippen LogP contribution in [0.3, 0.4) is 0 Å². The third-order valence-corrected chi connectivity index (χ3v) is 4.62. The van der Waals surface area contributed by atoms with Gasteiger partial charge in [0.1, 0.15) is 17.5 Å². The summed E-state index contributed by atoms with van der Waals surface area (Å²) in [6, 6.07) is 4.88. The number of aromatic nitrogens is 2. The van der Waals surface area contributed by atoms with Gasteiger partial charge in [0.25, 0.3) is 5.91 Å². The van der Waals surface area contributed by atoms with Gasteiger partial charge in [0, 0.05) is 44.0 Å². The van der Waals surface area contributed by atoms with Gasteiger partial charge in [-0.25, -0.2) is 13.8 Å². The van der Waals surface area contributed by atoms with Gasteiger partial charge in [0.2, 0.25) is 5.95 Å². The number of carbonyl (C=O) groups excluding carboxylic acids is 1. The molecule has 1 aromatic carbocycles. The van der Waals surface area contributed by atoms with Crippen molar-refractivity contribution in [2.45, 2.75) is 37.8 Å².